The maximum Gasteiger partial charge on any atom is 0.220 e. The Morgan fingerprint density at radius 3 is 2.17 bits per heavy atom. The molecule has 0 aliphatic heterocycles. The number of carbonyl (C=O) groups excluding carboxylic acids is 2. The number of hydrogen-bond donors (Lipinski definition) is 0. The van der Waals surface area contributed by atoms with Crippen LogP contribution in [0, 0.1) is 0 Å². The molecule has 0 saturated heterocycles. The highest BCUT2D eigenvalue weighted by atomic mass is 79.9. The lowest BCUT2D eigenvalue weighted by molar-refractivity contribution is -0.134. The van der Waals surface area contributed by atoms with Gasteiger partial charge in [-0.1, -0.05) is 15.9 Å². The summed E-state index contributed by atoms with van der Waals surface area (Å²) in [5.74, 6) is -0.0294. The molecule has 1 amide bonds. The Morgan fingerprint density at radius 1 is 1.42 bits per heavy atom. The number of hydrogen-bond acceptors (Lipinski definition) is 2. The highest BCUT2D eigenvalue weighted by Crippen LogP contribution is 1.99. The Balaban J connectivity index is 4.14. The number of Topliss-reactive ketones (excluding diaryl/α,β-unsaturated/α-hetero) is 1. The normalized spacial score (nSPS) is 10.1. The zero-order chi connectivity index (χ0) is 9.72. The summed E-state index contributed by atoms with van der Waals surface area (Å²) in [7, 11) is 0. The third-order valence-corrected chi connectivity index (χ3v) is 2.15. The van der Waals surface area contributed by atoms with E-state index < -0.39 is 0 Å². The van der Waals surface area contributed by atoms with Crippen LogP contribution in [0.15, 0.2) is 0 Å². The molecular formula is C8H14BrNO2. The van der Waals surface area contributed by atoms with Crippen LogP contribution >= 0.6 is 15.9 Å². The first-order valence-electron chi connectivity index (χ1n) is 3.84. The van der Waals surface area contributed by atoms with E-state index in [-0.39, 0.29) is 24.3 Å². The molecule has 0 unspecified atom stereocenters. The van der Waals surface area contributed by atoms with Gasteiger partial charge in [0.05, 0.1) is 11.9 Å². The molecule has 12 heavy (non-hydrogen) atoms. The molecule has 0 bridgehead atoms. The first-order valence-corrected chi connectivity index (χ1v) is 4.96. The second-order valence-corrected chi connectivity index (χ2v) is 3.47. The van der Waals surface area contributed by atoms with E-state index in [0.29, 0.717) is 5.33 Å². The third-order valence-electron chi connectivity index (χ3n) is 1.52. The van der Waals surface area contributed by atoms with E-state index in [1.807, 2.05) is 13.8 Å². The van der Waals surface area contributed by atoms with Gasteiger partial charge in [0.15, 0.2) is 5.78 Å². The lowest BCUT2D eigenvalue weighted by atomic mass is 10.3. The molecule has 70 valence electrons. The smallest absolute Gasteiger partial charge is 0.220 e. The molecule has 3 nitrogen and oxygen atoms in total. The summed E-state index contributed by atoms with van der Waals surface area (Å²) >= 11 is 3.05. The number of nitrogens with zero attached hydrogens (tertiary/aromatic N) is 1. The van der Waals surface area contributed by atoms with E-state index in [1.54, 1.807) is 4.90 Å². The van der Waals surface area contributed by atoms with Gasteiger partial charge in [0, 0.05) is 13.0 Å². The zero-order valence-corrected chi connectivity index (χ0v) is 9.22. The molecular weight excluding hydrogens is 222 g/mol. The van der Waals surface area contributed by atoms with Crippen LogP contribution < -0.4 is 0 Å². The van der Waals surface area contributed by atoms with Gasteiger partial charge in [-0.3, -0.25) is 9.59 Å². The van der Waals surface area contributed by atoms with Gasteiger partial charge in [0.1, 0.15) is 0 Å². The van der Waals surface area contributed by atoms with Crippen LogP contribution in [0.3, 0.4) is 0 Å². The fourth-order valence-electron chi connectivity index (χ4n) is 0.890. The largest absolute Gasteiger partial charge is 0.333 e. The Kier molecular flexibility index (Phi) is 5.13. The Labute approximate surface area is 81.2 Å². The lowest BCUT2D eigenvalue weighted by Gasteiger charge is -2.23. The van der Waals surface area contributed by atoms with Crippen molar-refractivity contribution in [3.8, 4) is 0 Å². The molecule has 0 aromatic heterocycles. The maximum absolute atomic E-state index is 11.0. The minimum absolute atomic E-state index is 0.0268. The highest BCUT2D eigenvalue weighted by Gasteiger charge is 2.15. The number of halogens is 1. The van der Waals surface area contributed by atoms with Crippen molar-refractivity contribution in [1.29, 1.82) is 0 Å². The molecule has 0 atom stereocenters. The highest BCUT2D eigenvalue weighted by molar-refractivity contribution is 9.09. The first-order chi connectivity index (χ1) is 5.49. The topological polar surface area (TPSA) is 37.4 Å². The monoisotopic (exact) mass is 235 g/mol. The van der Waals surface area contributed by atoms with Crippen molar-refractivity contribution in [3.63, 3.8) is 0 Å². The third kappa shape index (κ3) is 3.85. The van der Waals surface area contributed by atoms with Crippen molar-refractivity contribution < 1.29 is 9.59 Å². The molecule has 0 spiro atoms. The fourth-order valence-corrected chi connectivity index (χ4v) is 1.07. The zero-order valence-electron chi connectivity index (χ0n) is 7.63. The summed E-state index contributed by atoms with van der Waals surface area (Å²) in [4.78, 5) is 23.5. The van der Waals surface area contributed by atoms with E-state index in [1.165, 1.54) is 6.92 Å². The van der Waals surface area contributed by atoms with Crippen molar-refractivity contribution in [1.82, 2.24) is 4.90 Å². The second kappa shape index (κ2) is 5.30. The van der Waals surface area contributed by atoms with E-state index in [9.17, 15) is 9.59 Å². The van der Waals surface area contributed by atoms with E-state index >= 15 is 0 Å². The first kappa shape index (κ1) is 11.6. The molecule has 0 saturated carbocycles. The molecule has 0 aromatic rings. The number of carbonyl (C=O) groups is 2. The van der Waals surface area contributed by atoms with Crippen LogP contribution in [-0.2, 0) is 9.59 Å². The standard InChI is InChI=1S/C8H14BrNO2/c1-6(2)10(7(3)11)5-8(12)4-9/h6H,4-5H2,1-3H3. The quantitative estimate of drug-likeness (QED) is 0.688. The van der Waals surface area contributed by atoms with Gasteiger partial charge in [0.25, 0.3) is 0 Å². The predicted octanol–water partition coefficient (Wildman–Crippen LogP) is 1.21. The molecule has 0 fully saturated rings. The van der Waals surface area contributed by atoms with Gasteiger partial charge >= 0.3 is 0 Å². The summed E-state index contributed by atoms with van der Waals surface area (Å²) in [5.41, 5.74) is 0. The number of amides is 1. The van der Waals surface area contributed by atoms with E-state index in [4.69, 9.17) is 0 Å². The van der Waals surface area contributed by atoms with Crippen molar-refractivity contribution in [2.75, 3.05) is 11.9 Å². The van der Waals surface area contributed by atoms with Gasteiger partial charge < -0.3 is 4.90 Å². The summed E-state index contributed by atoms with van der Waals surface area (Å²) in [5, 5.41) is 0.309. The van der Waals surface area contributed by atoms with Gasteiger partial charge in [-0.15, -0.1) is 0 Å². The van der Waals surface area contributed by atoms with Crippen LogP contribution in [-0.4, -0.2) is 34.5 Å². The summed E-state index contributed by atoms with van der Waals surface area (Å²) in [6.45, 7) is 5.46. The number of alkyl halides is 1. The van der Waals surface area contributed by atoms with Gasteiger partial charge in [-0.25, -0.2) is 0 Å². The van der Waals surface area contributed by atoms with Crippen molar-refractivity contribution in [2.24, 2.45) is 0 Å². The second-order valence-electron chi connectivity index (χ2n) is 2.91. The van der Waals surface area contributed by atoms with Gasteiger partial charge in [-0.2, -0.15) is 0 Å². The van der Waals surface area contributed by atoms with E-state index in [2.05, 4.69) is 15.9 Å². The van der Waals surface area contributed by atoms with Crippen LogP contribution in [0.5, 0.6) is 0 Å². The van der Waals surface area contributed by atoms with Crippen molar-refractivity contribution in [2.45, 2.75) is 26.8 Å². The molecule has 0 aliphatic carbocycles. The van der Waals surface area contributed by atoms with Crippen LogP contribution in [0.1, 0.15) is 20.8 Å². The molecule has 0 heterocycles. The van der Waals surface area contributed by atoms with Crippen molar-refractivity contribution >= 4 is 27.6 Å². The summed E-state index contributed by atoms with van der Waals surface area (Å²) in [6, 6.07) is 0.0884. The fraction of sp³-hybridized carbons (Fsp3) is 0.750. The summed E-state index contributed by atoms with van der Waals surface area (Å²) < 4.78 is 0. The molecule has 0 radical (unpaired) electrons. The number of ketones is 1. The average molecular weight is 236 g/mol. The predicted molar refractivity (Wildman–Crippen MR) is 51.3 cm³/mol. The minimum atomic E-state index is -0.0562. The van der Waals surface area contributed by atoms with Gasteiger partial charge in [0.2, 0.25) is 5.91 Å². The van der Waals surface area contributed by atoms with Crippen LogP contribution in [0.25, 0.3) is 0 Å². The minimum Gasteiger partial charge on any atom is -0.333 e. The van der Waals surface area contributed by atoms with Crippen molar-refractivity contribution in [3.05, 3.63) is 0 Å². The Morgan fingerprint density at radius 2 is 1.92 bits per heavy atom. The Hall–Kier alpha value is -0.380. The lowest BCUT2D eigenvalue weighted by Crippen LogP contribution is -2.39. The average Bonchev–Trinajstić information content (AvgIpc) is 1.98. The van der Waals surface area contributed by atoms with Gasteiger partial charge in [-0.05, 0) is 13.8 Å². The van der Waals surface area contributed by atoms with Crippen LogP contribution in [0.2, 0.25) is 0 Å². The van der Waals surface area contributed by atoms with Crippen LogP contribution in [0.4, 0.5) is 0 Å². The molecule has 0 aliphatic rings. The summed E-state index contributed by atoms with van der Waals surface area (Å²) in [6.07, 6.45) is 0. The maximum atomic E-state index is 11.0. The number of rotatable bonds is 4. The SMILES string of the molecule is CC(=O)N(CC(=O)CBr)C(C)C. The Bertz CT molecular complexity index is 180. The molecule has 0 aromatic carbocycles. The molecule has 0 N–H and O–H groups in total. The molecule has 0 rings (SSSR count). The molecule has 4 heteroatoms. The van der Waals surface area contributed by atoms with E-state index in [0.717, 1.165) is 0 Å².